The smallest absolute Gasteiger partial charge is 0.322 e. The zero-order valence-corrected chi connectivity index (χ0v) is 9.51. The van der Waals surface area contributed by atoms with Gasteiger partial charge in [-0.15, -0.1) is 0 Å². The predicted molar refractivity (Wildman–Crippen MR) is 58.5 cm³/mol. The Hall–Kier alpha value is -2.16. The first kappa shape index (κ1) is 15.8. The van der Waals surface area contributed by atoms with Crippen LogP contribution in [0.4, 0.5) is 0 Å². The number of amides is 2. The summed E-state index contributed by atoms with van der Waals surface area (Å²) in [5.74, 6) is -3.59. The van der Waals surface area contributed by atoms with Crippen LogP contribution in [0.1, 0.15) is 12.8 Å². The van der Waals surface area contributed by atoms with Crippen molar-refractivity contribution in [3.05, 3.63) is 0 Å². The number of aliphatic carboxylic acids is 2. The van der Waals surface area contributed by atoms with Crippen molar-refractivity contribution in [1.82, 2.24) is 10.6 Å². The van der Waals surface area contributed by atoms with Crippen molar-refractivity contribution in [2.75, 3.05) is 13.1 Å². The Balaban J connectivity index is 3.84. The molecule has 0 aliphatic heterocycles. The first-order chi connectivity index (χ1) is 8.32. The van der Waals surface area contributed by atoms with Gasteiger partial charge in [-0.3, -0.25) is 19.2 Å². The Kier molecular flexibility index (Phi) is 7.05. The monoisotopic (exact) mass is 261 g/mol. The molecule has 9 nitrogen and oxygen atoms in total. The molecule has 2 amide bonds. The van der Waals surface area contributed by atoms with Crippen LogP contribution in [0.5, 0.6) is 0 Å². The number of carboxylic acids is 2. The third kappa shape index (κ3) is 8.05. The number of rotatable bonds is 8. The van der Waals surface area contributed by atoms with Crippen LogP contribution in [0.3, 0.4) is 0 Å². The van der Waals surface area contributed by atoms with Crippen molar-refractivity contribution in [3.63, 3.8) is 0 Å². The molecular formula is C9H15N3O6. The molecule has 0 aromatic heterocycles. The van der Waals surface area contributed by atoms with E-state index in [4.69, 9.17) is 15.9 Å². The number of hydrogen-bond donors (Lipinski definition) is 5. The van der Waals surface area contributed by atoms with Crippen LogP contribution in [0.25, 0.3) is 0 Å². The summed E-state index contributed by atoms with van der Waals surface area (Å²) in [7, 11) is 0. The normalized spacial score (nSPS) is 11.4. The van der Waals surface area contributed by atoms with Gasteiger partial charge in [-0.1, -0.05) is 0 Å². The third-order valence-electron chi connectivity index (χ3n) is 1.87. The average molecular weight is 261 g/mol. The fourth-order valence-corrected chi connectivity index (χ4v) is 0.974. The molecule has 0 heterocycles. The minimum absolute atomic E-state index is 0.00307. The van der Waals surface area contributed by atoms with Gasteiger partial charge in [0, 0.05) is 6.42 Å². The first-order valence-corrected chi connectivity index (χ1v) is 5.06. The SMILES string of the molecule is N[C@@H](CCC(=O)NCC(=O)O)C(=O)NCC(=O)O. The van der Waals surface area contributed by atoms with E-state index in [1.54, 1.807) is 0 Å². The maximum Gasteiger partial charge on any atom is 0.322 e. The summed E-state index contributed by atoms with van der Waals surface area (Å²) in [6.07, 6.45) is -0.119. The van der Waals surface area contributed by atoms with Crippen molar-refractivity contribution in [3.8, 4) is 0 Å². The molecule has 0 saturated heterocycles. The molecule has 0 radical (unpaired) electrons. The van der Waals surface area contributed by atoms with Crippen LogP contribution in [0.2, 0.25) is 0 Å². The molecule has 0 aliphatic carbocycles. The highest BCUT2D eigenvalue weighted by molar-refractivity contribution is 5.86. The maximum atomic E-state index is 11.2. The van der Waals surface area contributed by atoms with E-state index < -0.39 is 42.9 Å². The topological polar surface area (TPSA) is 159 Å². The van der Waals surface area contributed by atoms with E-state index in [2.05, 4.69) is 10.6 Å². The number of hydrogen-bond acceptors (Lipinski definition) is 5. The van der Waals surface area contributed by atoms with Gasteiger partial charge in [0.25, 0.3) is 0 Å². The van der Waals surface area contributed by atoms with Crippen LogP contribution >= 0.6 is 0 Å². The van der Waals surface area contributed by atoms with Gasteiger partial charge < -0.3 is 26.6 Å². The molecule has 0 fully saturated rings. The Morgan fingerprint density at radius 1 is 1.00 bits per heavy atom. The molecule has 0 saturated carbocycles. The van der Waals surface area contributed by atoms with Gasteiger partial charge in [0.1, 0.15) is 13.1 Å². The summed E-state index contributed by atoms with van der Waals surface area (Å²) in [5, 5.41) is 20.8. The number of carboxylic acid groups (broad SMARTS) is 2. The van der Waals surface area contributed by atoms with Crippen LogP contribution < -0.4 is 16.4 Å². The van der Waals surface area contributed by atoms with E-state index in [-0.39, 0.29) is 12.8 Å². The predicted octanol–water partition coefficient (Wildman–Crippen LogP) is -2.50. The number of nitrogens with one attached hydrogen (secondary N) is 2. The molecule has 18 heavy (non-hydrogen) atoms. The lowest BCUT2D eigenvalue weighted by atomic mass is 10.1. The van der Waals surface area contributed by atoms with Crippen molar-refractivity contribution < 1.29 is 29.4 Å². The van der Waals surface area contributed by atoms with Crippen LogP contribution in [0, 0.1) is 0 Å². The largest absolute Gasteiger partial charge is 0.480 e. The molecule has 0 aromatic rings. The Morgan fingerprint density at radius 2 is 1.50 bits per heavy atom. The lowest BCUT2D eigenvalue weighted by Gasteiger charge is -2.10. The molecule has 6 N–H and O–H groups in total. The van der Waals surface area contributed by atoms with Crippen LogP contribution in [0.15, 0.2) is 0 Å². The molecule has 0 aliphatic rings. The standard InChI is InChI=1S/C9H15N3O6/c10-5(9(18)12-4-8(16)17)1-2-6(13)11-3-7(14)15/h5H,1-4,10H2,(H,11,13)(H,12,18)(H,14,15)(H,16,17)/t5-/m0/s1. The molecule has 102 valence electrons. The van der Waals surface area contributed by atoms with Gasteiger partial charge in [0.05, 0.1) is 6.04 Å². The highest BCUT2D eigenvalue weighted by atomic mass is 16.4. The minimum atomic E-state index is -1.20. The molecule has 1 atom stereocenters. The number of carbonyl (C=O) groups is 4. The van der Waals surface area contributed by atoms with Crippen molar-refractivity contribution in [2.45, 2.75) is 18.9 Å². The van der Waals surface area contributed by atoms with Crippen LogP contribution in [-0.4, -0.2) is 53.1 Å². The molecular weight excluding hydrogens is 246 g/mol. The second kappa shape index (κ2) is 8.01. The van der Waals surface area contributed by atoms with Gasteiger partial charge in [-0.05, 0) is 6.42 Å². The third-order valence-corrected chi connectivity index (χ3v) is 1.87. The molecule has 0 unspecified atom stereocenters. The molecule has 0 aromatic carbocycles. The zero-order chi connectivity index (χ0) is 14.1. The summed E-state index contributed by atoms with van der Waals surface area (Å²) >= 11 is 0. The minimum Gasteiger partial charge on any atom is -0.480 e. The summed E-state index contributed by atoms with van der Waals surface area (Å²) in [5.41, 5.74) is 5.41. The first-order valence-electron chi connectivity index (χ1n) is 5.06. The highest BCUT2D eigenvalue weighted by Gasteiger charge is 2.15. The summed E-state index contributed by atoms with van der Waals surface area (Å²) < 4.78 is 0. The lowest BCUT2D eigenvalue weighted by molar-refractivity contribution is -0.138. The average Bonchev–Trinajstić information content (AvgIpc) is 2.30. The van der Waals surface area contributed by atoms with Crippen molar-refractivity contribution >= 4 is 23.8 Å². The van der Waals surface area contributed by atoms with E-state index >= 15 is 0 Å². The molecule has 9 heteroatoms. The fraction of sp³-hybridized carbons (Fsp3) is 0.556. The highest BCUT2D eigenvalue weighted by Crippen LogP contribution is 1.94. The zero-order valence-electron chi connectivity index (χ0n) is 9.51. The van der Waals surface area contributed by atoms with Gasteiger partial charge in [-0.25, -0.2) is 0 Å². The molecule has 0 spiro atoms. The van der Waals surface area contributed by atoms with E-state index in [0.29, 0.717) is 0 Å². The quantitative estimate of drug-likeness (QED) is 0.323. The number of carbonyl (C=O) groups excluding carboxylic acids is 2. The Labute approximate surface area is 102 Å². The van der Waals surface area contributed by atoms with Gasteiger partial charge >= 0.3 is 11.9 Å². The molecule has 0 bridgehead atoms. The van der Waals surface area contributed by atoms with Gasteiger partial charge in [-0.2, -0.15) is 0 Å². The van der Waals surface area contributed by atoms with Crippen LogP contribution in [-0.2, 0) is 19.2 Å². The van der Waals surface area contributed by atoms with Crippen molar-refractivity contribution in [2.24, 2.45) is 5.73 Å². The van der Waals surface area contributed by atoms with Gasteiger partial charge in [0.15, 0.2) is 0 Å². The van der Waals surface area contributed by atoms with E-state index in [9.17, 15) is 19.2 Å². The second-order valence-electron chi connectivity index (χ2n) is 3.43. The summed E-state index contributed by atoms with van der Waals surface area (Å²) in [6.45, 7) is -1.04. The summed E-state index contributed by atoms with van der Waals surface area (Å²) in [6, 6.07) is -1.01. The maximum absolute atomic E-state index is 11.2. The molecule has 0 rings (SSSR count). The van der Waals surface area contributed by atoms with Gasteiger partial charge in [0.2, 0.25) is 11.8 Å². The van der Waals surface area contributed by atoms with E-state index in [1.165, 1.54) is 0 Å². The summed E-state index contributed by atoms with van der Waals surface area (Å²) in [4.78, 5) is 42.6. The van der Waals surface area contributed by atoms with Crippen molar-refractivity contribution in [1.29, 1.82) is 0 Å². The second-order valence-corrected chi connectivity index (χ2v) is 3.43. The van der Waals surface area contributed by atoms with E-state index in [0.717, 1.165) is 0 Å². The lowest BCUT2D eigenvalue weighted by Crippen LogP contribution is -2.43. The number of nitrogens with two attached hydrogens (primary N) is 1. The van der Waals surface area contributed by atoms with E-state index in [1.807, 2.05) is 0 Å². The Bertz CT molecular complexity index is 343. The fourth-order valence-electron chi connectivity index (χ4n) is 0.974. The Morgan fingerprint density at radius 3 is 2.00 bits per heavy atom.